The SMILES string of the molecule is COCCN(CC1CC1C)c1cc(C(=O)O)cc(N(Cc2ccccc2)S(C)(=O)=O)n1. The highest BCUT2D eigenvalue weighted by Gasteiger charge is 2.34. The molecular weight excluding hydrogens is 418 g/mol. The molecule has 1 heterocycles. The highest BCUT2D eigenvalue weighted by molar-refractivity contribution is 7.92. The predicted molar refractivity (Wildman–Crippen MR) is 120 cm³/mol. The maximum Gasteiger partial charge on any atom is 0.335 e. The molecular formula is C22H29N3O5S. The molecule has 1 saturated carbocycles. The minimum atomic E-state index is -3.70. The summed E-state index contributed by atoms with van der Waals surface area (Å²) >= 11 is 0. The third kappa shape index (κ3) is 6.18. The summed E-state index contributed by atoms with van der Waals surface area (Å²) in [6.45, 7) is 3.95. The lowest BCUT2D eigenvalue weighted by Gasteiger charge is -2.27. The number of aromatic carboxylic acids is 1. The number of ether oxygens (including phenoxy) is 1. The van der Waals surface area contributed by atoms with Crippen molar-refractivity contribution in [2.45, 2.75) is 19.9 Å². The van der Waals surface area contributed by atoms with Crippen LogP contribution in [0.4, 0.5) is 11.6 Å². The van der Waals surface area contributed by atoms with Gasteiger partial charge in [-0.3, -0.25) is 0 Å². The molecule has 2 unspecified atom stereocenters. The average molecular weight is 448 g/mol. The van der Waals surface area contributed by atoms with Crippen LogP contribution in [0.5, 0.6) is 0 Å². The number of nitrogens with zero attached hydrogens (tertiary/aromatic N) is 3. The molecule has 0 amide bonds. The van der Waals surface area contributed by atoms with Gasteiger partial charge in [0.25, 0.3) is 0 Å². The van der Waals surface area contributed by atoms with Gasteiger partial charge >= 0.3 is 5.97 Å². The summed E-state index contributed by atoms with van der Waals surface area (Å²) in [5.74, 6) is 0.508. The van der Waals surface area contributed by atoms with Gasteiger partial charge in [0.2, 0.25) is 10.0 Å². The van der Waals surface area contributed by atoms with E-state index in [4.69, 9.17) is 4.74 Å². The third-order valence-electron chi connectivity index (χ3n) is 5.49. The molecule has 2 atom stereocenters. The Balaban J connectivity index is 2.02. The fourth-order valence-corrected chi connectivity index (χ4v) is 4.29. The maximum absolute atomic E-state index is 12.6. The van der Waals surface area contributed by atoms with Crippen LogP contribution in [0.3, 0.4) is 0 Å². The van der Waals surface area contributed by atoms with Crippen molar-refractivity contribution in [3.05, 3.63) is 53.6 Å². The Morgan fingerprint density at radius 1 is 1.23 bits per heavy atom. The monoisotopic (exact) mass is 447 g/mol. The predicted octanol–water partition coefficient (Wildman–Crippen LogP) is 2.85. The molecule has 0 spiro atoms. The van der Waals surface area contributed by atoms with Gasteiger partial charge in [-0.1, -0.05) is 37.3 Å². The van der Waals surface area contributed by atoms with Crippen LogP contribution in [-0.2, 0) is 21.3 Å². The van der Waals surface area contributed by atoms with Gasteiger partial charge in [0.15, 0.2) is 0 Å². The summed E-state index contributed by atoms with van der Waals surface area (Å²) in [5, 5.41) is 9.66. The first-order chi connectivity index (χ1) is 14.7. The van der Waals surface area contributed by atoms with Crippen LogP contribution in [-0.4, -0.2) is 57.5 Å². The Morgan fingerprint density at radius 2 is 1.87 bits per heavy atom. The molecule has 0 aliphatic heterocycles. The van der Waals surface area contributed by atoms with E-state index in [1.165, 1.54) is 12.1 Å². The Bertz CT molecular complexity index is 1010. The van der Waals surface area contributed by atoms with Crippen LogP contribution in [0.1, 0.15) is 29.3 Å². The summed E-state index contributed by atoms with van der Waals surface area (Å²) in [5.41, 5.74) is 0.771. The number of carbonyl (C=O) groups is 1. The first-order valence-corrected chi connectivity index (χ1v) is 12.0. The Kier molecular flexibility index (Phi) is 7.17. The molecule has 3 rings (SSSR count). The molecule has 9 heteroatoms. The Morgan fingerprint density at radius 3 is 2.42 bits per heavy atom. The van der Waals surface area contributed by atoms with Gasteiger partial charge in [0, 0.05) is 20.2 Å². The zero-order valence-corrected chi connectivity index (χ0v) is 18.9. The van der Waals surface area contributed by atoms with Crippen LogP contribution in [0.25, 0.3) is 0 Å². The van der Waals surface area contributed by atoms with E-state index in [0.717, 1.165) is 29.1 Å². The second kappa shape index (κ2) is 9.65. The molecule has 0 bridgehead atoms. The average Bonchev–Trinajstić information content (AvgIpc) is 3.43. The van der Waals surface area contributed by atoms with Crippen molar-refractivity contribution in [3.8, 4) is 0 Å². The van der Waals surface area contributed by atoms with Crippen LogP contribution < -0.4 is 9.21 Å². The smallest absolute Gasteiger partial charge is 0.335 e. The lowest BCUT2D eigenvalue weighted by molar-refractivity contribution is 0.0696. The minimum Gasteiger partial charge on any atom is -0.478 e. The maximum atomic E-state index is 12.6. The summed E-state index contributed by atoms with van der Waals surface area (Å²) in [6, 6.07) is 11.9. The van der Waals surface area contributed by atoms with Gasteiger partial charge in [0.05, 0.1) is 25.0 Å². The number of aromatic nitrogens is 1. The largest absolute Gasteiger partial charge is 0.478 e. The Hall–Kier alpha value is -2.65. The van der Waals surface area contributed by atoms with E-state index in [2.05, 4.69) is 11.9 Å². The number of carboxylic acid groups (broad SMARTS) is 1. The number of sulfonamides is 1. The zero-order chi connectivity index (χ0) is 22.6. The quantitative estimate of drug-likeness (QED) is 0.565. The standard InChI is InChI=1S/C22H29N3O5S/c1-16-11-19(16)15-24(9-10-30-2)20-12-18(22(26)27)13-21(23-20)25(31(3,28)29)14-17-7-5-4-6-8-17/h4-8,12-13,16,19H,9-11,14-15H2,1-3H3,(H,26,27). The number of methoxy groups -OCH3 is 1. The molecule has 1 fully saturated rings. The minimum absolute atomic E-state index is 0.00651. The first kappa shape index (κ1) is 23.0. The van der Waals surface area contributed by atoms with E-state index < -0.39 is 16.0 Å². The molecule has 1 N–H and O–H groups in total. The third-order valence-corrected chi connectivity index (χ3v) is 6.61. The summed E-state index contributed by atoms with van der Waals surface area (Å²) in [6.07, 6.45) is 2.21. The van der Waals surface area contributed by atoms with Crippen LogP contribution in [0, 0.1) is 11.8 Å². The molecule has 1 aliphatic carbocycles. The number of hydrogen-bond donors (Lipinski definition) is 1. The normalized spacial score (nSPS) is 17.9. The molecule has 8 nitrogen and oxygen atoms in total. The molecule has 0 radical (unpaired) electrons. The van der Waals surface area contributed by atoms with E-state index >= 15 is 0 Å². The molecule has 2 aromatic rings. The van der Waals surface area contributed by atoms with Gasteiger partial charge in [-0.2, -0.15) is 0 Å². The summed E-state index contributed by atoms with van der Waals surface area (Å²) < 4.78 is 31.6. The van der Waals surface area contributed by atoms with Crippen molar-refractivity contribution in [1.82, 2.24) is 4.98 Å². The Labute approximate surface area is 183 Å². The number of benzene rings is 1. The highest BCUT2D eigenvalue weighted by atomic mass is 32.2. The molecule has 168 valence electrons. The zero-order valence-electron chi connectivity index (χ0n) is 18.1. The van der Waals surface area contributed by atoms with Crippen molar-refractivity contribution < 1.29 is 23.1 Å². The van der Waals surface area contributed by atoms with Gasteiger partial charge < -0.3 is 14.7 Å². The fraction of sp³-hybridized carbons (Fsp3) is 0.455. The number of anilines is 2. The second-order valence-corrected chi connectivity index (χ2v) is 9.95. The first-order valence-electron chi connectivity index (χ1n) is 10.2. The van der Waals surface area contributed by atoms with Gasteiger partial charge in [0.1, 0.15) is 11.6 Å². The summed E-state index contributed by atoms with van der Waals surface area (Å²) in [7, 11) is -2.10. The highest BCUT2D eigenvalue weighted by Crippen LogP contribution is 2.39. The van der Waals surface area contributed by atoms with Crippen LogP contribution in [0.15, 0.2) is 42.5 Å². The molecule has 1 aliphatic rings. The van der Waals surface area contributed by atoms with E-state index in [0.29, 0.717) is 30.8 Å². The van der Waals surface area contributed by atoms with E-state index in [-0.39, 0.29) is 17.9 Å². The van der Waals surface area contributed by atoms with E-state index in [9.17, 15) is 18.3 Å². The van der Waals surface area contributed by atoms with E-state index in [1.807, 2.05) is 35.2 Å². The van der Waals surface area contributed by atoms with Crippen molar-refractivity contribution in [2.24, 2.45) is 11.8 Å². The molecule has 31 heavy (non-hydrogen) atoms. The lowest BCUT2D eigenvalue weighted by atomic mass is 10.2. The van der Waals surface area contributed by atoms with Crippen molar-refractivity contribution >= 4 is 27.6 Å². The molecule has 0 saturated heterocycles. The van der Waals surface area contributed by atoms with Crippen molar-refractivity contribution in [2.75, 3.05) is 42.3 Å². The van der Waals surface area contributed by atoms with Crippen LogP contribution >= 0.6 is 0 Å². The van der Waals surface area contributed by atoms with Gasteiger partial charge in [-0.15, -0.1) is 0 Å². The number of rotatable bonds is 11. The van der Waals surface area contributed by atoms with Crippen molar-refractivity contribution in [3.63, 3.8) is 0 Å². The number of pyridine rings is 1. The summed E-state index contributed by atoms with van der Waals surface area (Å²) in [4.78, 5) is 18.4. The molecule has 1 aromatic heterocycles. The number of carboxylic acids is 1. The van der Waals surface area contributed by atoms with Crippen LogP contribution in [0.2, 0.25) is 0 Å². The van der Waals surface area contributed by atoms with Crippen molar-refractivity contribution in [1.29, 1.82) is 0 Å². The topological polar surface area (TPSA) is 100 Å². The lowest BCUT2D eigenvalue weighted by Crippen LogP contribution is -2.33. The van der Waals surface area contributed by atoms with Gasteiger partial charge in [-0.05, 0) is 36.0 Å². The van der Waals surface area contributed by atoms with E-state index in [1.54, 1.807) is 7.11 Å². The second-order valence-electron chi connectivity index (χ2n) is 8.04. The number of hydrogen-bond acceptors (Lipinski definition) is 6. The molecule has 1 aromatic carbocycles. The van der Waals surface area contributed by atoms with Gasteiger partial charge in [-0.25, -0.2) is 22.5 Å². The fourth-order valence-electron chi connectivity index (χ4n) is 3.47.